The summed E-state index contributed by atoms with van der Waals surface area (Å²) in [6, 6.07) is 11.2. The normalized spacial score (nSPS) is 11.0. The molecule has 0 saturated heterocycles. The SMILES string of the molecule is C=C(C)c1cccc2oc3cccc(C(=C)C)c3c(=O)c12. The predicted molar refractivity (Wildman–Crippen MR) is 89.4 cm³/mol. The Balaban J connectivity index is 2.62. The molecule has 2 nitrogen and oxygen atoms in total. The van der Waals surface area contributed by atoms with E-state index in [4.69, 9.17) is 4.42 Å². The zero-order chi connectivity index (χ0) is 15.1. The molecule has 0 amide bonds. The number of allylic oxidation sites excluding steroid dienone is 2. The molecule has 21 heavy (non-hydrogen) atoms. The van der Waals surface area contributed by atoms with Gasteiger partial charge in [0.2, 0.25) is 5.43 Å². The molecule has 0 aliphatic rings. The largest absolute Gasteiger partial charge is 0.456 e. The average molecular weight is 276 g/mol. The van der Waals surface area contributed by atoms with Crippen molar-refractivity contribution in [1.82, 2.24) is 0 Å². The highest BCUT2D eigenvalue weighted by molar-refractivity contribution is 5.99. The highest BCUT2D eigenvalue weighted by atomic mass is 16.3. The van der Waals surface area contributed by atoms with Crippen LogP contribution in [0.5, 0.6) is 0 Å². The minimum atomic E-state index is -0.0246. The fourth-order valence-electron chi connectivity index (χ4n) is 2.66. The van der Waals surface area contributed by atoms with Gasteiger partial charge in [-0.15, -0.1) is 0 Å². The van der Waals surface area contributed by atoms with E-state index < -0.39 is 0 Å². The molecule has 1 aromatic heterocycles. The molecule has 0 radical (unpaired) electrons. The third-order valence-corrected chi connectivity index (χ3v) is 3.65. The van der Waals surface area contributed by atoms with Gasteiger partial charge in [-0.2, -0.15) is 0 Å². The van der Waals surface area contributed by atoms with Crippen LogP contribution in [-0.4, -0.2) is 0 Å². The van der Waals surface area contributed by atoms with Crippen LogP contribution in [0.4, 0.5) is 0 Å². The summed E-state index contributed by atoms with van der Waals surface area (Å²) in [6.45, 7) is 11.7. The minimum Gasteiger partial charge on any atom is -0.456 e. The Morgan fingerprint density at radius 3 is 1.67 bits per heavy atom. The first-order valence-corrected chi connectivity index (χ1v) is 6.81. The Morgan fingerprint density at radius 1 is 0.857 bits per heavy atom. The summed E-state index contributed by atoms with van der Waals surface area (Å²) in [4.78, 5) is 13.0. The highest BCUT2D eigenvalue weighted by Crippen LogP contribution is 2.28. The summed E-state index contributed by atoms with van der Waals surface area (Å²) in [7, 11) is 0. The second kappa shape index (κ2) is 4.74. The third kappa shape index (κ3) is 2.00. The molecule has 1 heterocycles. The van der Waals surface area contributed by atoms with Gasteiger partial charge in [0.1, 0.15) is 11.2 Å². The number of hydrogen-bond acceptors (Lipinski definition) is 2. The number of benzene rings is 2. The Morgan fingerprint density at radius 2 is 1.29 bits per heavy atom. The van der Waals surface area contributed by atoms with Crippen molar-refractivity contribution < 1.29 is 4.42 Å². The van der Waals surface area contributed by atoms with Gasteiger partial charge in [0.25, 0.3) is 0 Å². The van der Waals surface area contributed by atoms with Crippen LogP contribution in [0.3, 0.4) is 0 Å². The monoisotopic (exact) mass is 276 g/mol. The van der Waals surface area contributed by atoms with Crippen LogP contribution >= 0.6 is 0 Å². The lowest BCUT2D eigenvalue weighted by atomic mass is 9.98. The lowest BCUT2D eigenvalue weighted by molar-refractivity contribution is 0.659. The number of fused-ring (bicyclic) bond motifs is 2. The van der Waals surface area contributed by atoms with Crippen LogP contribution in [0.1, 0.15) is 25.0 Å². The van der Waals surface area contributed by atoms with E-state index in [1.165, 1.54) is 0 Å². The summed E-state index contributed by atoms with van der Waals surface area (Å²) in [5.74, 6) is 0. The van der Waals surface area contributed by atoms with Crippen molar-refractivity contribution in [2.24, 2.45) is 0 Å². The quantitative estimate of drug-likeness (QED) is 0.616. The fraction of sp³-hybridized carbons (Fsp3) is 0.105. The first kappa shape index (κ1) is 13.4. The van der Waals surface area contributed by atoms with Crippen LogP contribution in [0.2, 0.25) is 0 Å². The molecule has 0 unspecified atom stereocenters. The van der Waals surface area contributed by atoms with Crippen LogP contribution in [0.25, 0.3) is 33.1 Å². The van der Waals surface area contributed by atoms with Gasteiger partial charge in [-0.3, -0.25) is 4.79 Å². The molecule has 2 heteroatoms. The molecule has 0 saturated carbocycles. The molecule has 0 bridgehead atoms. The molecule has 3 aromatic rings. The number of hydrogen-bond donors (Lipinski definition) is 0. The number of rotatable bonds is 2. The zero-order valence-corrected chi connectivity index (χ0v) is 12.2. The van der Waals surface area contributed by atoms with Crippen molar-refractivity contribution in [3.8, 4) is 0 Å². The average Bonchev–Trinajstić information content (AvgIpc) is 2.45. The Kier molecular flexibility index (Phi) is 3.02. The Labute approximate surface area is 123 Å². The summed E-state index contributed by atoms with van der Waals surface area (Å²) in [5, 5.41) is 1.18. The topological polar surface area (TPSA) is 30.2 Å². The summed E-state index contributed by atoms with van der Waals surface area (Å²) >= 11 is 0. The van der Waals surface area contributed by atoms with Crippen LogP contribution in [0, 0.1) is 0 Å². The Bertz CT molecular complexity index is 883. The first-order chi connectivity index (χ1) is 10.0. The molecule has 0 aliphatic heterocycles. The lowest BCUT2D eigenvalue weighted by Crippen LogP contribution is -2.06. The molecule has 0 spiro atoms. The summed E-state index contributed by atoms with van der Waals surface area (Å²) in [5.41, 5.74) is 4.52. The molecule has 3 rings (SSSR count). The van der Waals surface area contributed by atoms with E-state index in [-0.39, 0.29) is 5.43 Å². The van der Waals surface area contributed by atoms with Crippen LogP contribution in [-0.2, 0) is 0 Å². The van der Waals surface area contributed by atoms with Gasteiger partial charge in [0, 0.05) is 0 Å². The van der Waals surface area contributed by atoms with Gasteiger partial charge in [-0.25, -0.2) is 0 Å². The van der Waals surface area contributed by atoms with Crippen molar-refractivity contribution in [3.05, 3.63) is 70.9 Å². The van der Waals surface area contributed by atoms with E-state index in [0.29, 0.717) is 21.9 Å². The zero-order valence-electron chi connectivity index (χ0n) is 12.2. The lowest BCUT2D eigenvalue weighted by Gasteiger charge is -2.09. The van der Waals surface area contributed by atoms with Gasteiger partial charge in [-0.05, 0) is 37.1 Å². The molecule has 2 aromatic carbocycles. The van der Waals surface area contributed by atoms with Gasteiger partial charge in [0.15, 0.2) is 0 Å². The van der Waals surface area contributed by atoms with Gasteiger partial charge in [0.05, 0.1) is 10.8 Å². The maximum atomic E-state index is 13.0. The third-order valence-electron chi connectivity index (χ3n) is 3.65. The molecule has 104 valence electrons. The summed E-state index contributed by atoms with van der Waals surface area (Å²) in [6.07, 6.45) is 0. The smallest absolute Gasteiger partial charge is 0.201 e. The van der Waals surface area contributed by atoms with Crippen molar-refractivity contribution in [1.29, 1.82) is 0 Å². The maximum Gasteiger partial charge on any atom is 0.201 e. The first-order valence-electron chi connectivity index (χ1n) is 6.81. The second-order valence-electron chi connectivity index (χ2n) is 5.35. The molecule has 0 atom stereocenters. The van der Waals surface area contributed by atoms with Crippen molar-refractivity contribution in [2.45, 2.75) is 13.8 Å². The van der Waals surface area contributed by atoms with Crippen LogP contribution in [0.15, 0.2) is 58.8 Å². The van der Waals surface area contributed by atoms with E-state index in [2.05, 4.69) is 13.2 Å². The molecule has 0 fully saturated rings. The molecule has 0 aliphatic carbocycles. The minimum absolute atomic E-state index is 0.0246. The van der Waals surface area contributed by atoms with E-state index >= 15 is 0 Å². The standard InChI is InChI=1S/C19H16O2/c1-11(2)13-7-5-9-15-17(13)19(20)18-14(12(3)4)8-6-10-16(18)21-15/h5-10H,1,3H2,2,4H3. The Hall–Kier alpha value is -2.61. The fourth-order valence-corrected chi connectivity index (χ4v) is 2.66. The van der Waals surface area contributed by atoms with Crippen LogP contribution < -0.4 is 5.43 Å². The van der Waals surface area contributed by atoms with E-state index in [9.17, 15) is 4.79 Å². The second-order valence-corrected chi connectivity index (χ2v) is 5.35. The van der Waals surface area contributed by atoms with E-state index in [1.54, 1.807) is 0 Å². The van der Waals surface area contributed by atoms with Crippen molar-refractivity contribution in [3.63, 3.8) is 0 Å². The maximum absolute atomic E-state index is 13.0. The highest BCUT2D eigenvalue weighted by Gasteiger charge is 2.14. The van der Waals surface area contributed by atoms with Crippen molar-refractivity contribution in [2.75, 3.05) is 0 Å². The van der Waals surface area contributed by atoms with Gasteiger partial charge < -0.3 is 4.42 Å². The molecular formula is C19H16O2. The molecule has 0 N–H and O–H groups in total. The summed E-state index contributed by atoms with van der Waals surface area (Å²) < 4.78 is 5.93. The molecular weight excluding hydrogens is 260 g/mol. The van der Waals surface area contributed by atoms with Crippen molar-refractivity contribution >= 4 is 33.1 Å². The van der Waals surface area contributed by atoms with Gasteiger partial charge in [-0.1, -0.05) is 48.6 Å². The van der Waals surface area contributed by atoms with E-state index in [1.807, 2.05) is 50.2 Å². The van der Waals surface area contributed by atoms with Gasteiger partial charge >= 0.3 is 0 Å². The van der Waals surface area contributed by atoms with E-state index in [0.717, 1.165) is 22.3 Å². The predicted octanol–water partition coefficient (Wildman–Crippen LogP) is 5.01.